The number of aromatic nitrogens is 2. The molecule has 0 bridgehead atoms. The lowest BCUT2D eigenvalue weighted by molar-refractivity contribution is 0.263. The van der Waals surface area contributed by atoms with Crippen LogP contribution in [0.4, 0.5) is 4.39 Å². The Morgan fingerprint density at radius 1 is 0.938 bits per heavy atom. The second-order valence-electron chi connectivity index (χ2n) is 7.45. The number of halogens is 1. The lowest BCUT2D eigenvalue weighted by atomic mass is 10.1. The van der Waals surface area contributed by atoms with E-state index in [0.29, 0.717) is 36.1 Å². The second-order valence-corrected chi connectivity index (χ2v) is 7.45. The minimum atomic E-state index is -0.361. The first-order valence-corrected chi connectivity index (χ1v) is 10.5. The molecule has 160 valence electrons. The third-order valence-corrected chi connectivity index (χ3v) is 4.86. The Morgan fingerprint density at radius 2 is 1.81 bits per heavy atom. The Balaban J connectivity index is 1.56. The zero-order valence-electron chi connectivity index (χ0n) is 17.8. The van der Waals surface area contributed by atoms with Gasteiger partial charge in [0.2, 0.25) is 0 Å². The summed E-state index contributed by atoms with van der Waals surface area (Å²) >= 11 is 0. The van der Waals surface area contributed by atoms with Crippen molar-refractivity contribution in [3.8, 4) is 23.5 Å². The van der Waals surface area contributed by atoms with Crippen molar-refractivity contribution in [3.63, 3.8) is 0 Å². The molecule has 1 aliphatic carbocycles. The molecule has 1 aromatic heterocycles. The first-order chi connectivity index (χ1) is 15.7. The molecule has 5 heteroatoms. The molecule has 1 heterocycles. The van der Waals surface area contributed by atoms with Crippen LogP contribution in [0.5, 0.6) is 11.6 Å². The summed E-state index contributed by atoms with van der Waals surface area (Å²) < 4.78 is 26.0. The Labute approximate surface area is 187 Å². The molecule has 0 saturated carbocycles. The highest BCUT2D eigenvalue weighted by Gasteiger charge is 2.11. The number of aryl methyl sites for hydroxylation is 1. The van der Waals surface area contributed by atoms with E-state index in [9.17, 15) is 4.39 Å². The standard InChI is InChI=1S/C27H23FN2O2/c1-20-12-13-23(25(28)16-20)14-15-24-17-26(31-18-21-8-4-2-5-9-21)27(30-29-24)32-19-22-10-6-3-7-11-22/h2,4-6,8-13,16-17H,3,7,18-19H2,1H3. The summed E-state index contributed by atoms with van der Waals surface area (Å²) in [5.74, 6) is 6.07. The molecule has 0 amide bonds. The highest BCUT2D eigenvalue weighted by Crippen LogP contribution is 2.26. The van der Waals surface area contributed by atoms with Crippen LogP contribution in [0.25, 0.3) is 0 Å². The molecular weight excluding hydrogens is 403 g/mol. The highest BCUT2D eigenvalue weighted by atomic mass is 19.1. The number of ether oxygens (including phenoxy) is 2. The van der Waals surface area contributed by atoms with Crippen LogP contribution < -0.4 is 9.47 Å². The van der Waals surface area contributed by atoms with Crippen LogP contribution in [0.15, 0.2) is 78.4 Å². The van der Waals surface area contributed by atoms with E-state index in [-0.39, 0.29) is 5.82 Å². The van der Waals surface area contributed by atoms with Crippen molar-refractivity contribution >= 4 is 0 Å². The molecule has 4 rings (SSSR count). The van der Waals surface area contributed by atoms with Gasteiger partial charge in [0.1, 0.15) is 24.7 Å². The van der Waals surface area contributed by atoms with E-state index in [1.54, 1.807) is 12.1 Å². The first-order valence-electron chi connectivity index (χ1n) is 10.5. The average Bonchev–Trinajstić information content (AvgIpc) is 2.83. The zero-order valence-corrected chi connectivity index (χ0v) is 17.8. The van der Waals surface area contributed by atoms with Gasteiger partial charge < -0.3 is 9.47 Å². The van der Waals surface area contributed by atoms with Crippen LogP contribution in [0.1, 0.15) is 35.2 Å². The largest absolute Gasteiger partial charge is 0.483 e. The van der Waals surface area contributed by atoms with Crippen molar-refractivity contribution < 1.29 is 13.9 Å². The summed E-state index contributed by atoms with van der Waals surface area (Å²) in [7, 11) is 0. The van der Waals surface area contributed by atoms with Gasteiger partial charge in [0.15, 0.2) is 5.75 Å². The second kappa shape index (κ2) is 10.4. The van der Waals surface area contributed by atoms with Crippen molar-refractivity contribution in [2.75, 3.05) is 6.61 Å². The maximum atomic E-state index is 14.1. The highest BCUT2D eigenvalue weighted by molar-refractivity contribution is 5.45. The number of nitrogens with zero attached hydrogens (tertiary/aromatic N) is 2. The van der Waals surface area contributed by atoms with Crippen molar-refractivity contribution in [1.29, 1.82) is 0 Å². The fraction of sp³-hybridized carbons (Fsp3) is 0.185. The molecular formula is C27H23FN2O2. The SMILES string of the molecule is Cc1ccc(C#Cc2cc(OCc3ccccc3)c(OCC3=CCCC=C3)nn2)c(F)c1. The van der Waals surface area contributed by atoms with E-state index in [4.69, 9.17) is 9.47 Å². The average molecular weight is 426 g/mol. The van der Waals surface area contributed by atoms with Gasteiger partial charge in [0.25, 0.3) is 5.88 Å². The molecule has 0 unspecified atom stereocenters. The molecule has 0 N–H and O–H groups in total. The number of benzene rings is 2. The molecule has 32 heavy (non-hydrogen) atoms. The maximum absolute atomic E-state index is 14.1. The fourth-order valence-corrected chi connectivity index (χ4v) is 3.14. The maximum Gasteiger partial charge on any atom is 0.276 e. The number of rotatable bonds is 6. The summed E-state index contributed by atoms with van der Waals surface area (Å²) in [5.41, 5.74) is 3.62. The molecule has 4 nitrogen and oxygen atoms in total. The molecule has 0 fully saturated rings. The smallest absolute Gasteiger partial charge is 0.276 e. The van der Waals surface area contributed by atoms with Crippen LogP contribution >= 0.6 is 0 Å². The van der Waals surface area contributed by atoms with Crippen LogP contribution in [-0.4, -0.2) is 16.8 Å². The summed E-state index contributed by atoms with van der Waals surface area (Å²) in [6.07, 6.45) is 8.37. The molecule has 0 aliphatic heterocycles. The Hall–Kier alpha value is -3.91. The molecule has 3 aromatic rings. The number of allylic oxidation sites excluding steroid dienone is 2. The molecule has 0 radical (unpaired) electrons. The number of hydrogen-bond acceptors (Lipinski definition) is 4. The molecule has 1 aliphatic rings. The predicted molar refractivity (Wildman–Crippen MR) is 122 cm³/mol. The zero-order chi connectivity index (χ0) is 22.2. The van der Waals surface area contributed by atoms with Crippen molar-refractivity contribution in [3.05, 3.63) is 107 Å². The lowest BCUT2D eigenvalue weighted by Crippen LogP contribution is -2.07. The Morgan fingerprint density at radius 3 is 2.59 bits per heavy atom. The summed E-state index contributed by atoms with van der Waals surface area (Å²) in [5, 5.41) is 8.31. The van der Waals surface area contributed by atoms with Crippen LogP contribution in [0.3, 0.4) is 0 Å². The predicted octanol–water partition coefficient (Wildman–Crippen LogP) is 5.56. The normalized spacial score (nSPS) is 12.5. The van der Waals surface area contributed by atoms with Gasteiger partial charge in [-0.15, -0.1) is 10.2 Å². The van der Waals surface area contributed by atoms with Gasteiger partial charge in [-0.2, -0.15) is 0 Å². The molecule has 2 aromatic carbocycles. The van der Waals surface area contributed by atoms with Crippen molar-refractivity contribution in [2.24, 2.45) is 0 Å². The minimum Gasteiger partial charge on any atom is -0.483 e. The summed E-state index contributed by atoms with van der Waals surface area (Å²) in [6, 6.07) is 16.4. The third-order valence-electron chi connectivity index (χ3n) is 4.86. The van der Waals surface area contributed by atoms with E-state index in [2.05, 4.69) is 40.3 Å². The van der Waals surface area contributed by atoms with Gasteiger partial charge in [-0.25, -0.2) is 4.39 Å². The quantitative estimate of drug-likeness (QED) is 0.484. The van der Waals surface area contributed by atoms with E-state index in [1.165, 1.54) is 6.07 Å². The summed E-state index contributed by atoms with van der Waals surface area (Å²) in [4.78, 5) is 0. The Kier molecular flexibility index (Phi) is 6.94. The van der Waals surface area contributed by atoms with Crippen LogP contribution in [0, 0.1) is 24.6 Å². The molecule has 0 atom stereocenters. The summed E-state index contributed by atoms with van der Waals surface area (Å²) in [6.45, 7) is 2.57. The van der Waals surface area contributed by atoms with Gasteiger partial charge in [-0.05, 0) is 54.5 Å². The van der Waals surface area contributed by atoms with Gasteiger partial charge >= 0.3 is 0 Å². The van der Waals surface area contributed by atoms with E-state index >= 15 is 0 Å². The van der Waals surface area contributed by atoms with Crippen molar-refractivity contribution in [1.82, 2.24) is 10.2 Å². The third kappa shape index (κ3) is 5.83. The van der Waals surface area contributed by atoms with Crippen LogP contribution in [0.2, 0.25) is 0 Å². The van der Waals surface area contributed by atoms with E-state index in [0.717, 1.165) is 29.5 Å². The van der Waals surface area contributed by atoms with E-state index < -0.39 is 0 Å². The first kappa shape index (κ1) is 21.3. The Bertz CT molecular complexity index is 1210. The molecule has 0 saturated heterocycles. The van der Waals surface area contributed by atoms with E-state index in [1.807, 2.05) is 43.3 Å². The van der Waals surface area contributed by atoms with Gasteiger partial charge in [0.05, 0.1) is 5.56 Å². The lowest BCUT2D eigenvalue weighted by Gasteiger charge is -2.13. The van der Waals surface area contributed by atoms with Gasteiger partial charge in [-0.3, -0.25) is 0 Å². The monoisotopic (exact) mass is 426 g/mol. The fourth-order valence-electron chi connectivity index (χ4n) is 3.14. The molecule has 0 spiro atoms. The number of hydrogen-bond donors (Lipinski definition) is 0. The van der Waals surface area contributed by atoms with Crippen LogP contribution in [-0.2, 0) is 6.61 Å². The minimum absolute atomic E-state index is 0.299. The van der Waals surface area contributed by atoms with Gasteiger partial charge in [0, 0.05) is 6.07 Å². The van der Waals surface area contributed by atoms with Gasteiger partial charge in [-0.1, -0.05) is 60.5 Å². The topological polar surface area (TPSA) is 44.2 Å². The van der Waals surface area contributed by atoms with Crippen molar-refractivity contribution in [2.45, 2.75) is 26.4 Å².